The predicted molar refractivity (Wildman–Crippen MR) is 55.1 cm³/mol. The topological polar surface area (TPSA) is 35.2 Å². The van der Waals surface area contributed by atoms with Crippen molar-refractivity contribution in [2.45, 2.75) is 31.4 Å². The van der Waals surface area contributed by atoms with Crippen LogP contribution in [0.25, 0.3) is 0 Å². The van der Waals surface area contributed by atoms with E-state index in [-0.39, 0.29) is 6.04 Å². The van der Waals surface area contributed by atoms with Gasteiger partial charge in [-0.3, -0.25) is 0 Å². The molecule has 0 saturated heterocycles. The third-order valence-corrected chi connectivity index (χ3v) is 3.23. The Labute approximate surface area is 84.1 Å². The van der Waals surface area contributed by atoms with Crippen LogP contribution in [-0.2, 0) is 0 Å². The normalized spacial score (nSPS) is 30.6. The number of nitrogens with two attached hydrogens (primary N) is 1. The molecule has 0 amide bonds. The summed E-state index contributed by atoms with van der Waals surface area (Å²) >= 11 is 0. The minimum Gasteiger partial charge on any atom is -0.490 e. The molecule has 1 unspecified atom stereocenters. The van der Waals surface area contributed by atoms with Crippen molar-refractivity contribution in [3.63, 3.8) is 0 Å². The van der Waals surface area contributed by atoms with Gasteiger partial charge in [0.2, 0.25) is 0 Å². The van der Waals surface area contributed by atoms with Crippen molar-refractivity contribution in [2.75, 3.05) is 0 Å². The first kappa shape index (κ1) is 8.30. The lowest BCUT2D eigenvalue weighted by Gasteiger charge is -2.30. The first-order chi connectivity index (χ1) is 6.84. The van der Waals surface area contributed by atoms with Gasteiger partial charge >= 0.3 is 0 Å². The molecule has 1 aliphatic heterocycles. The lowest BCUT2D eigenvalue weighted by molar-refractivity contribution is 0.138. The van der Waals surface area contributed by atoms with E-state index in [0.717, 1.165) is 18.1 Å². The van der Waals surface area contributed by atoms with Crippen LogP contribution in [0.5, 0.6) is 5.75 Å². The molecule has 2 atom stereocenters. The number of ether oxygens (including phenoxy) is 1. The molecule has 14 heavy (non-hydrogen) atoms. The largest absolute Gasteiger partial charge is 0.490 e. The summed E-state index contributed by atoms with van der Waals surface area (Å²) in [5.74, 6) is 1.78. The zero-order chi connectivity index (χ0) is 9.54. The SMILES string of the molecule is N[C@@H]1CC(C2CC2)Oc2ccccc21. The van der Waals surface area contributed by atoms with Crippen molar-refractivity contribution in [1.29, 1.82) is 0 Å². The Balaban J connectivity index is 1.91. The lowest BCUT2D eigenvalue weighted by atomic mass is 9.95. The summed E-state index contributed by atoms with van der Waals surface area (Å²) < 4.78 is 5.95. The minimum atomic E-state index is 0.172. The average molecular weight is 189 g/mol. The fraction of sp³-hybridized carbons (Fsp3) is 0.500. The quantitative estimate of drug-likeness (QED) is 0.735. The molecule has 74 valence electrons. The number of fused-ring (bicyclic) bond motifs is 1. The Morgan fingerprint density at radius 3 is 2.79 bits per heavy atom. The van der Waals surface area contributed by atoms with Gasteiger partial charge in [-0.15, -0.1) is 0 Å². The van der Waals surface area contributed by atoms with Crippen LogP contribution in [0.3, 0.4) is 0 Å². The van der Waals surface area contributed by atoms with Gasteiger partial charge in [-0.05, 0) is 24.8 Å². The second kappa shape index (κ2) is 2.99. The van der Waals surface area contributed by atoms with Crippen molar-refractivity contribution in [1.82, 2.24) is 0 Å². The van der Waals surface area contributed by atoms with Crippen LogP contribution < -0.4 is 10.5 Å². The standard InChI is InChI=1S/C12H15NO/c13-10-7-12(8-5-6-8)14-11-4-2-1-3-9(10)11/h1-4,8,10,12H,5-7,13H2/t10-,12?/m1/s1. The van der Waals surface area contributed by atoms with Crippen LogP contribution in [-0.4, -0.2) is 6.10 Å². The molecule has 1 aromatic rings. The Morgan fingerprint density at radius 2 is 2.00 bits per heavy atom. The summed E-state index contributed by atoms with van der Waals surface area (Å²) in [4.78, 5) is 0. The molecule has 0 radical (unpaired) electrons. The zero-order valence-corrected chi connectivity index (χ0v) is 8.15. The Morgan fingerprint density at radius 1 is 1.21 bits per heavy atom. The van der Waals surface area contributed by atoms with Gasteiger partial charge in [0.1, 0.15) is 11.9 Å². The Kier molecular flexibility index (Phi) is 1.77. The molecule has 3 rings (SSSR count). The fourth-order valence-electron chi connectivity index (χ4n) is 2.24. The van der Waals surface area contributed by atoms with E-state index in [1.165, 1.54) is 18.4 Å². The fourth-order valence-corrected chi connectivity index (χ4v) is 2.24. The lowest BCUT2D eigenvalue weighted by Crippen LogP contribution is -2.30. The summed E-state index contributed by atoms with van der Waals surface area (Å²) in [5, 5.41) is 0. The number of para-hydroxylation sites is 1. The van der Waals surface area contributed by atoms with E-state index < -0.39 is 0 Å². The molecule has 2 aliphatic rings. The number of hydrogen-bond donors (Lipinski definition) is 1. The molecule has 1 fully saturated rings. The third-order valence-electron chi connectivity index (χ3n) is 3.23. The van der Waals surface area contributed by atoms with E-state index in [2.05, 4.69) is 6.07 Å². The summed E-state index contributed by atoms with van der Waals surface area (Å²) in [6.07, 6.45) is 4.00. The third kappa shape index (κ3) is 1.30. The highest BCUT2D eigenvalue weighted by Crippen LogP contribution is 2.42. The van der Waals surface area contributed by atoms with E-state index in [1.807, 2.05) is 18.2 Å². The average Bonchev–Trinajstić information content (AvgIpc) is 3.01. The van der Waals surface area contributed by atoms with E-state index in [4.69, 9.17) is 10.5 Å². The molecular formula is C12H15NO. The summed E-state index contributed by atoms with van der Waals surface area (Å²) in [5.41, 5.74) is 7.29. The highest BCUT2D eigenvalue weighted by Gasteiger charge is 2.37. The Hall–Kier alpha value is -1.02. The van der Waals surface area contributed by atoms with Crippen LogP contribution in [0, 0.1) is 5.92 Å². The maximum Gasteiger partial charge on any atom is 0.124 e. The molecule has 2 heteroatoms. The molecular weight excluding hydrogens is 174 g/mol. The van der Waals surface area contributed by atoms with Crippen LogP contribution >= 0.6 is 0 Å². The van der Waals surface area contributed by atoms with Crippen molar-refractivity contribution < 1.29 is 4.74 Å². The van der Waals surface area contributed by atoms with E-state index in [9.17, 15) is 0 Å². The van der Waals surface area contributed by atoms with Gasteiger partial charge in [0.05, 0.1) is 0 Å². The predicted octanol–water partition coefficient (Wildman–Crippen LogP) is 2.25. The highest BCUT2D eigenvalue weighted by atomic mass is 16.5. The van der Waals surface area contributed by atoms with E-state index >= 15 is 0 Å². The van der Waals surface area contributed by atoms with Gasteiger partial charge in [-0.1, -0.05) is 18.2 Å². The van der Waals surface area contributed by atoms with Gasteiger partial charge in [0.25, 0.3) is 0 Å². The van der Waals surface area contributed by atoms with E-state index in [0.29, 0.717) is 6.10 Å². The maximum atomic E-state index is 6.12. The molecule has 0 aromatic heterocycles. The van der Waals surface area contributed by atoms with Crippen LogP contribution in [0.1, 0.15) is 30.9 Å². The van der Waals surface area contributed by atoms with Crippen molar-refractivity contribution in [2.24, 2.45) is 11.7 Å². The van der Waals surface area contributed by atoms with Crippen LogP contribution in [0.2, 0.25) is 0 Å². The smallest absolute Gasteiger partial charge is 0.124 e. The molecule has 0 bridgehead atoms. The second-order valence-corrected chi connectivity index (χ2v) is 4.37. The highest BCUT2D eigenvalue weighted by molar-refractivity contribution is 5.37. The maximum absolute atomic E-state index is 6.12. The first-order valence-corrected chi connectivity index (χ1v) is 5.36. The van der Waals surface area contributed by atoms with Crippen molar-refractivity contribution in [3.8, 4) is 5.75 Å². The molecule has 1 aliphatic carbocycles. The van der Waals surface area contributed by atoms with Crippen LogP contribution in [0.15, 0.2) is 24.3 Å². The molecule has 1 heterocycles. The molecule has 0 spiro atoms. The Bertz CT molecular complexity index is 346. The van der Waals surface area contributed by atoms with Crippen molar-refractivity contribution in [3.05, 3.63) is 29.8 Å². The summed E-state index contributed by atoms with van der Waals surface area (Å²) in [6.45, 7) is 0. The van der Waals surface area contributed by atoms with Crippen molar-refractivity contribution >= 4 is 0 Å². The van der Waals surface area contributed by atoms with Crippen LogP contribution in [0.4, 0.5) is 0 Å². The number of rotatable bonds is 1. The molecule has 1 aromatic carbocycles. The molecule has 2 N–H and O–H groups in total. The summed E-state index contributed by atoms with van der Waals surface area (Å²) in [6, 6.07) is 8.32. The van der Waals surface area contributed by atoms with Gasteiger partial charge in [0, 0.05) is 18.0 Å². The molecule has 1 saturated carbocycles. The minimum absolute atomic E-state index is 0.172. The van der Waals surface area contributed by atoms with E-state index in [1.54, 1.807) is 0 Å². The van der Waals surface area contributed by atoms with Gasteiger partial charge in [-0.25, -0.2) is 0 Å². The zero-order valence-electron chi connectivity index (χ0n) is 8.15. The van der Waals surface area contributed by atoms with Gasteiger partial charge in [0.15, 0.2) is 0 Å². The number of hydrogen-bond acceptors (Lipinski definition) is 2. The van der Waals surface area contributed by atoms with Gasteiger partial charge in [-0.2, -0.15) is 0 Å². The van der Waals surface area contributed by atoms with Gasteiger partial charge < -0.3 is 10.5 Å². The first-order valence-electron chi connectivity index (χ1n) is 5.36. The molecule has 2 nitrogen and oxygen atoms in total. The number of benzene rings is 1. The second-order valence-electron chi connectivity index (χ2n) is 4.37. The monoisotopic (exact) mass is 189 g/mol. The summed E-state index contributed by atoms with van der Waals surface area (Å²) in [7, 11) is 0.